The van der Waals surface area contributed by atoms with E-state index in [9.17, 15) is 4.79 Å². The SMILES string of the molecule is Nc1n[nH]c2ccc(-c3ccnc(NC(=O)NCc4ccncc4)c3)cc12. The molecule has 0 aliphatic carbocycles. The smallest absolute Gasteiger partial charge is 0.320 e. The van der Waals surface area contributed by atoms with Crippen molar-refractivity contribution in [2.24, 2.45) is 0 Å². The number of amides is 2. The first kappa shape index (κ1) is 16.5. The fourth-order valence-electron chi connectivity index (χ4n) is 2.74. The van der Waals surface area contributed by atoms with E-state index >= 15 is 0 Å². The van der Waals surface area contributed by atoms with Crippen LogP contribution in [-0.4, -0.2) is 26.2 Å². The third-order valence-corrected chi connectivity index (χ3v) is 4.13. The van der Waals surface area contributed by atoms with Crippen LogP contribution in [0, 0.1) is 0 Å². The van der Waals surface area contributed by atoms with E-state index in [1.165, 1.54) is 0 Å². The molecule has 1 aromatic carbocycles. The Hall–Kier alpha value is -3.94. The molecular weight excluding hydrogens is 342 g/mol. The van der Waals surface area contributed by atoms with Gasteiger partial charge in [-0.15, -0.1) is 0 Å². The molecule has 0 atom stereocenters. The van der Waals surface area contributed by atoms with E-state index in [2.05, 4.69) is 30.8 Å². The van der Waals surface area contributed by atoms with Crippen LogP contribution in [0.4, 0.5) is 16.4 Å². The molecule has 2 amide bonds. The van der Waals surface area contributed by atoms with Crippen LogP contribution in [0.15, 0.2) is 61.1 Å². The molecule has 0 aliphatic heterocycles. The van der Waals surface area contributed by atoms with Crippen molar-refractivity contribution in [3.05, 3.63) is 66.6 Å². The third kappa shape index (κ3) is 3.69. The number of hydrogen-bond acceptors (Lipinski definition) is 5. The van der Waals surface area contributed by atoms with Crippen LogP contribution < -0.4 is 16.4 Å². The highest BCUT2D eigenvalue weighted by Gasteiger charge is 2.07. The van der Waals surface area contributed by atoms with Crippen molar-refractivity contribution in [2.75, 3.05) is 11.1 Å². The Bertz CT molecular complexity index is 1090. The lowest BCUT2D eigenvalue weighted by molar-refractivity contribution is 0.251. The van der Waals surface area contributed by atoms with Crippen molar-refractivity contribution in [3.63, 3.8) is 0 Å². The molecule has 0 aliphatic rings. The first-order chi connectivity index (χ1) is 13.2. The predicted molar refractivity (Wildman–Crippen MR) is 104 cm³/mol. The molecule has 3 heterocycles. The van der Waals surface area contributed by atoms with Gasteiger partial charge in [0.05, 0.1) is 5.52 Å². The van der Waals surface area contributed by atoms with Crippen molar-refractivity contribution < 1.29 is 4.79 Å². The van der Waals surface area contributed by atoms with E-state index in [1.54, 1.807) is 18.6 Å². The summed E-state index contributed by atoms with van der Waals surface area (Å²) in [7, 11) is 0. The molecule has 0 unspecified atom stereocenters. The van der Waals surface area contributed by atoms with E-state index in [0.29, 0.717) is 18.2 Å². The Labute approximate surface area is 154 Å². The lowest BCUT2D eigenvalue weighted by Crippen LogP contribution is -2.28. The number of aromatic nitrogens is 4. The zero-order valence-electron chi connectivity index (χ0n) is 14.3. The number of nitrogens with one attached hydrogen (secondary N) is 3. The molecule has 27 heavy (non-hydrogen) atoms. The van der Waals surface area contributed by atoms with Gasteiger partial charge in [-0.2, -0.15) is 5.10 Å². The molecule has 0 bridgehead atoms. The molecular formula is C19H17N7O. The maximum atomic E-state index is 12.1. The van der Waals surface area contributed by atoms with Crippen LogP contribution in [-0.2, 0) is 6.54 Å². The topological polar surface area (TPSA) is 122 Å². The maximum absolute atomic E-state index is 12.1. The molecule has 3 aromatic heterocycles. The highest BCUT2D eigenvalue weighted by Crippen LogP contribution is 2.27. The number of fused-ring (bicyclic) bond motifs is 1. The van der Waals surface area contributed by atoms with Gasteiger partial charge in [-0.25, -0.2) is 9.78 Å². The fourth-order valence-corrected chi connectivity index (χ4v) is 2.74. The Balaban J connectivity index is 1.48. The monoisotopic (exact) mass is 359 g/mol. The molecule has 0 saturated heterocycles. The molecule has 0 fully saturated rings. The molecule has 0 radical (unpaired) electrons. The number of anilines is 2. The Morgan fingerprint density at radius 2 is 1.85 bits per heavy atom. The number of benzene rings is 1. The van der Waals surface area contributed by atoms with Gasteiger partial charge in [0, 0.05) is 30.5 Å². The molecule has 5 N–H and O–H groups in total. The first-order valence-electron chi connectivity index (χ1n) is 8.33. The number of hydrogen-bond donors (Lipinski definition) is 4. The Morgan fingerprint density at radius 1 is 1.04 bits per heavy atom. The zero-order chi connectivity index (χ0) is 18.6. The number of urea groups is 1. The number of rotatable bonds is 4. The summed E-state index contributed by atoms with van der Waals surface area (Å²) in [6, 6.07) is 12.9. The van der Waals surface area contributed by atoms with E-state index in [-0.39, 0.29) is 6.03 Å². The van der Waals surface area contributed by atoms with Crippen LogP contribution in [0.3, 0.4) is 0 Å². The van der Waals surface area contributed by atoms with Crippen LogP contribution >= 0.6 is 0 Å². The predicted octanol–water partition coefficient (Wildman–Crippen LogP) is 2.92. The summed E-state index contributed by atoms with van der Waals surface area (Å²) < 4.78 is 0. The minimum absolute atomic E-state index is 0.328. The molecule has 8 nitrogen and oxygen atoms in total. The van der Waals surface area contributed by atoms with Gasteiger partial charge in [0.2, 0.25) is 0 Å². The van der Waals surface area contributed by atoms with Gasteiger partial charge >= 0.3 is 6.03 Å². The standard InChI is InChI=1S/C19H17N7O/c20-18-15-9-13(1-2-16(15)25-26-18)14-5-8-22-17(10-14)24-19(27)23-11-12-3-6-21-7-4-12/h1-10H,11H2,(H3,20,25,26)(H2,22,23,24,27). The van der Waals surface area contributed by atoms with E-state index in [0.717, 1.165) is 27.6 Å². The lowest BCUT2D eigenvalue weighted by atomic mass is 10.0. The summed E-state index contributed by atoms with van der Waals surface area (Å²) in [6.45, 7) is 0.407. The second-order valence-electron chi connectivity index (χ2n) is 5.96. The number of H-pyrrole nitrogens is 1. The van der Waals surface area contributed by atoms with Gasteiger partial charge in [-0.3, -0.25) is 15.4 Å². The molecule has 8 heteroatoms. The van der Waals surface area contributed by atoms with Crippen molar-refractivity contribution in [1.82, 2.24) is 25.5 Å². The second kappa shape index (κ2) is 7.12. The summed E-state index contributed by atoms with van der Waals surface area (Å²) in [5.41, 5.74) is 9.59. The third-order valence-electron chi connectivity index (χ3n) is 4.13. The quantitative estimate of drug-likeness (QED) is 0.446. The van der Waals surface area contributed by atoms with Crippen LogP contribution in [0.2, 0.25) is 0 Å². The normalized spacial score (nSPS) is 10.7. The minimum Gasteiger partial charge on any atom is -0.382 e. The Kier molecular flexibility index (Phi) is 4.36. The number of aromatic amines is 1. The number of carbonyl (C=O) groups excluding carboxylic acids is 1. The molecule has 4 aromatic rings. The minimum atomic E-state index is -0.328. The number of pyridine rings is 2. The van der Waals surface area contributed by atoms with Crippen molar-refractivity contribution >= 4 is 28.6 Å². The average molecular weight is 359 g/mol. The van der Waals surface area contributed by atoms with Crippen molar-refractivity contribution in [1.29, 1.82) is 0 Å². The summed E-state index contributed by atoms with van der Waals surface area (Å²) in [6.07, 6.45) is 5.02. The lowest BCUT2D eigenvalue weighted by Gasteiger charge is -2.09. The van der Waals surface area contributed by atoms with Gasteiger partial charge in [0.25, 0.3) is 0 Å². The summed E-state index contributed by atoms with van der Waals surface area (Å²) in [5.74, 6) is 0.912. The van der Waals surface area contributed by atoms with Gasteiger partial charge in [0.1, 0.15) is 5.82 Å². The average Bonchev–Trinajstić information content (AvgIpc) is 3.08. The van der Waals surface area contributed by atoms with E-state index in [1.807, 2.05) is 42.5 Å². The fraction of sp³-hybridized carbons (Fsp3) is 0.0526. The van der Waals surface area contributed by atoms with Gasteiger partial charge in [-0.05, 0) is 53.1 Å². The number of nitrogen functional groups attached to an aromatic ring is 1. The summed E-state index contributed by atoms with van der Waals surface area (Å²) >= 11 is 0. The number of nitrogens with two attached hydrogens (primary N) is 1. The molecule has 134 valence electrons. The number of nitrogens with zero attached hydrogens (tertiary/aromatic N) is 3. The largest absolute Gasteiger partial charge is 0.382 e. The van der Waals surface area contributed by atoms with Crippen LogP contribution in [0.5, 0.6) is 0 Å². The molecule has 0 saturated carbocycles. The molecule has 4 rings (SSSR count). The van der Waals surface area contributed by atoms with Gasteiger partial charge < -0.3 is 11.1 Å². The van der Waals surface area contributed by atoms with Gasteiger partial charge in [-0.1, -0.05) is 6.07 Å². The summed E-state index contributed by atoms with van der Waals surface area (Å²) in [5, 5.41) is 13.3. The van der Waals surface area contributed by atoms with Crippen molar-refractivity contribution in [2.45, 2.75) is 6.54 Å². The highest BCUT2D eigenvalue weighted by molar-refractivity contribution is 5.93. The zero-order valence-corrected chi connectivity index (χ0v) is 14.3. The Morgan fingerprint density at radius 3 is 2.70 bits per heavy atom. The number of carbonyl (C=O) groups is 1. The van der Waals surface area contributed by atoms with Gasteiger partial charge in [0.15, 0.2) is 5.82 Å². The maximum Gasteiger partial charge on any atom is 0.320 e. The van der Waals surface area contributed by atoms with Crippen LogP contribution in [0.1, 0.15) is 5.56 Å². The van der Waals surface area contributed by atoms with Crippen molar-refractivity contribution in [3.8, 4) is 11.1 Å². The van der Waals surface area contributed by atoms with Crippen LogP contribution in [0.25, 0.3) is 22.0 Å². The molecule has 0 spiro atoms. The first-order valence-corrected chi connectivity index (χ1v) is 8.33. The summed E-state index contributed by atoms with van der Waals surface area (Å²) in [4.78, 5) is 20.3. The van der Waals surface area contributed by atoms with E-state index < -0.39 is 0 Å². The van der Waals surface area contributed by atoms with E-state index in [4.69, 9.17) is 5.73 Å². The highest BCUT2D eigenvalue weighted by atomic mass is 16.2. The second-order valence-corrected chi connectivity index (χ2v) is 5.96.